The van der Waals surface area contributed by atoms with Crippen LogP contribution in [0.1, 0.15) is 28.8 Å². The molecule has 1 heterocycles. The van der Waals surface area contributed by atoms with Gasteiger partial charge in [-0.3, -0.25) is 9.69 Å². The Balaban J connectivity index is 1.43. The zero-order valence-corrected chi connectivity index (χ0v) is 15.6. The van der Waals surface area contributed by atoms with Crippen LogP contribution >= 0.6 is 0 Å². The lowest BCUT2D eigenvalue weighted by Crippen LogP contribution is -2.38. The molecule has 1 fully saturated rings. The van der Waals surface area contributed by atoms with Gasteiger partial charge in [0.15, 0.2) is 5.78 Å². The lowest BCUT2D eigenvalue weighted by atomic mass is 9.89. The normalized spacial score (nSPS) is 15.1. The van der Waals surface area contributed by atoms with Gasteiger partial charge in [0.1, 0.15) is 18.1 Å². The maximum absolute atomic E-state index is 12.7. The number of rotatable bonds is 7. The van der Waals surface area contributed by atoms with Gasteiger partial charge in [-0.25, -0.2) is 0 Å². The van der Waals surface area contributed by atoms with Crippen LogP contribution < -0.4 is 9.47 Å². The third-order valence-corrected chi connectivity index (χ3v) is 4.97. The fraction of sp³-hybridized carbons (Fsp3) is 0.364. The van der Waals surface area contributed by atoms with Crippen molar-refractivity contribution >= 4 is 5.78 Å². The summed E-state index contributed by atoms with van der Waals surface area (Å²) in [5.74, 6) is 1.80. The van der Waals surface area contributed by atoms with E-state index in [2.05, 4.69) is 11.0 Å². The summed E-state index contributed by atoms with van der Waals surface area (Å²) in [7, 11) is 1.62. The lowest BCUT2D eigenvalue weighted by molar-refractivity contribution is 0.0827. The van der Waals surface area contributed by atoms with Crippen molar-refractivity contribution in [1.82, 2.24) is 4.90 Å². The van der Waals surface area contributed by atoms with Crippen molar-refractivity contribution in [3.63, 3.8) is 0 Å². The summed E-state index contributed by atoms with van der Waals surface area (Å²) in [5, 5.41) is 8.92. The molecule has 5 heteroatoms. The summed E-state index contributed by atoms with van der Waals surface area (Å²) in [5.41, 5.74) is 1.36. The molecule has 3 rings (SSSR count). The molecule has 0 atom stereocenters. The smallest absolute Gasteiger partial charge is 0.166 e. The first-order valence-corrected chi connectivity index (χ1v) is 9.23. The first kappa shape index (κ1) is 18.9. The predicted octanol–water partition coefficient (Wildman–Crippen LogP) is 3.54. The Hall–Kier alpha value is -2.84. The van der Waals surface area contributed by atoms with Gasteiger partial charge in [-0.1, -0.05) is 6.07 Å². The monoisotopic (exact) mass is 364 g/mol. The van der Waals surface area contributed by atoms with E-state index in [1.807, 2.05) is 36.4 Å². The Kier molecular flexibility index (Phi) is 6.45. The number of nitrogens with zero attached hydrogens (tertiary/aromatic N) is 2. The molecule has 2 aromatic rings. The first-order valence-electron chi connectivity index (χ1n) is 9.23. The fourth-order valence-corrected chi connectivity index (χ4v) is 3.36. The van der Waals surface area contributed by atoms with E-state index in [1.54, 1.807) is 19.2 Å². The average Bonchev–Trinajstić information content (AvgIpc) is 2.74. The standard InChI is InChI=1S/C22H24N2O3/c1-26-20-7-5-18(6-8-20)22(25)19-9-11-24(12-10-19)13-14-27-21-4-2-3-17(15-21)16-23/h2-8,15,19H,9-14H2,1H3. The Labute approximate surface area is 160 Å². The molecule has 0 aromatic heterocycles. The second kappa shape index (κ2) is 9.20. The second-order valence-electron chi connectivity index (χ2n) is 6.70. The highest BCUT2D eigenvalue weighted by atomic mass is 16.5. The van der Waals surface area contributed by atoms with Crippen LogP contribution in [0.2, 0.25) is 0 Å². The quantitative estimate of drug-likeness (QED) is 0.703. The van der Waals surface area contributed by atoms with E-state index in [4.69, 9.17) is 14.7 Å². The van der Waals surface area contributed by atoms with Crippen molar-refractivity contribution in [2.75, 3.05) is 33.4 Å². The summed E-state index contributed by atoms with van der Waals surface area (Å²) in [6, 6.07) is 16.7. The molecule has 0 N–H and O–H groups in total. The summed E-state index contributed by atoms with van der Waals surface area (Å²) in [4.78, 5) is 15.0. The van der Waals surface area contributed by atoms with Crippen LogP contribution in [0.5, 0.6) is 11.5 Å². The lowest BCUT2D eigenvalue weighted by Gasteiger charge is -2.31. The number of hydrogen-bond acceptors (Lipinski definition) is 5. The molecule has 0 bridgehead atoms. The molecule has 0 unspecified atom stereocenters. The summed E-state index contributed by atoms with van der Waals surface area (Å²) in [6.07, 6.45) is 1.74. The molecule has 1 saturated heterocycles. The van der Waals surface area contributed by atoms with Crippen LogP contribution in [-0.4, -0.2) is 44.0 Å². The van der Waals surface area contributed by atoms with Crippen molar-refractivity contribution in [2.45, 2.75) is 12.8 Å². The topological polar surface area (TPSA) is 62.6 Å². The van der Waals surface area contributed by atoms with E-state index >= 15 is 0 Å². The number of ketones is 1. The SMILES string of the molecule is COc1ccc(C(=O)C2CCN(CCOc3cccc(C#N)c3)CC2)cc1. The molecule has 0 spiro atoms. The highest BCUT2D eigenvalue weighted by Crippen LogP contribution is 2.23. The molecule has 0 saturated carbocycles. The number of nitriles is 1. The Morgan fingerprint density at radius 2 is 1.89 bits per heavy atom. The Morgan fingerprint density at radius 3 is 2.56 bits per heavy atom. The molecule has 5 nitrogen and oxygen atoms in total. The molecule has 0 radical (unpaired) electrons. The largest absolute Gasteiger partial charge is 0.497 e. The molecule has 1 aliphatic rings. The third-order valence-electron chi connectivity index (χ3n) is 4.97. The summed E-state index contributed by atoms with van der Waals surface area (Å²) >= 11 is 0. The average molecular weight is 364 g/mol. The summed E-state index contributed by atoms with van der Waals surface area (Å²) < 4.78 is 10.9. The fourth-order valence-electron chi connectivity index (χ4n) is 3.36. The number of likely N-dealkylation sites (tertiary alicyclic amines) is 1. The zero-order valence-electron chi connectivity index (χ0n) is 15.6. The zero-order chi connectivity index (χ0) is 19.1. The maximum Gasteiger partial charge on any atom is 0.166 e. The Bertz CT molecular complexity index is 803. The van der Waals surface area contributed by atoms with E-state index < -0.39 is 0 Å². The number of ether oxygens (including phenoxy) is 2. The molecule has 0 aliphatic carbocycles. The number of piperidine rings is 1. The molecule has 27 heavy (non-hydrogen) atoms. The van der Waals surface area contributed by atoms with E-state index in [0.717, 1.165) is 49.5 Å². The highest BCUT2D eigenvalue weighted by Gasteiger charge is 2.25. The van der Waals surface area contributed by atoms with Gasteiger partial charge in [0.2, 0.25) is 0 Å². The van der Waals surface area contributed by atoms with Crippen LogP contribution in [0.15, 0.2) is 48.5 Å². The van der Waals surface area contributed by atoms with E-state index in [1.165, 1.54) is 0 Å². The molecular formula is C22H24N2O3. The predicted molar refractivity (Wildman–Crippen MR) is 103 cm³/mol. The van der Waals surface area contributed by atoms with Gasteiger partial charge in [0, 0.05) is 18.0 Å². The van der Waals surface area contributed by atoms with Gasteiger partial charge in [-0.2, -0.15) is 5.26 Å². The van der Waals surface area contributed by atoms with Crippen LogP contribution in [0.4, 0.5) is 0 Å². The number of Topliss-reactive ketones (excluding diaryl/α,β-unsaturated/α-hetero) is 1. The molecule has 1 aliphatic heterocycles. The van der Waals surface area contributed by atoms with Gasteiger partial charge in [-0.05, 0) is 68.4 Å². The van der Waals surface area contributed by atoms with Crippen molar-refractivity contribution < 1.29 is 14.3 Å². The van der Waals surface area contributed by atoms with Crippen LogP contribution in [0, 0.1) is 17.2 Å². The number of carbonyl (C=O) groups is 1. The maximum atomic E-state index is 12.7. The minimum atomic E-state index is 0.0860. The van der Waals surface area contributed by atoms with Gasteiger partial charge in [0.05, 0.1) is 18.7 Å². The van der Waals surface area contributed by atoms with E-state index in [-0.39, 0.29) is 11.7 Å². The van der Waals surface area contributed by atoms with Crippen molar-refractivity contribution in [3.05, 3.63) is 59.7 Å². The van der Waals surface area contributed by atoms with Crippen LogP contribution in [-0.2, 0) is 0 Å². The third kappa shape index (κ3) is 5.08. The van der Waals surface area contributed by atoms with Crippen molar-refractivity contribution in [2.24, 2.45) is 5.92 Å². The number of carbonyl (C=O) groups excluding carboxylic acids is 1. The minimum absolute atomic E-state index is 0.0860. The molecule has 140 valence electrons. The van der Waals surface area contributed by atoms with Gasteiger partial charge in [0.25, 0.3) is 0 Å². The molecular weight excluding hydrogens is 340 g/mol. The minimum Gasteiger partial charge on any atom is -0.497 e. The van der Waals surface area contributed by atoms with Gasteiger partial charge < -0.3 is 9.47 Å². The van der Waals surface area contributed by atoms with Crippen molar-refractivity contribution in [1.29, 1.82) is 5.26 Å². The van der Waals surface area contributed by atoms with Gasteiger partial charge >= 0.3 is 0 Å². The second-order valence-corrected chi connectivity index (χ2v) is 6.70. The van der Waals surface area contributed by atoms with E-state index in [0.29, 0.717) is 12.2 Å². The highest BCUT2D eigenvalue weighted by molar-refractivity contribution is 5.98. The molecule has 0 amide bonds. The Morgan fingerprint density at radius 1 is 1.15 bits per heavy atom. The van der Waals surface area contributed by atoms with Gasteiger partial charge in [-0.15, -0.1) is 0 Å². The van der Waals surface area contributed by atoms with E-state index in [9.17, 15) is 4.79 Å². The first-order chi connectivity index (χ1) is 13.2. The molecule has 2 aromatic carbocycles. The number of hydrogen-bond donors (Lipinski definition) is 0. The number of methoxy groups -OCH3 is 1. The van der Waals surface area contributed by atoms with Crippen LogP contribution in [0.25, 0.3) is 0 Å². The van der Waals surface area contributed by atoms with Crippen molar-refractivity contribution in [3.8, 4) is 17.6 Å². The van der Waals surface area contributed by atoms with Crippen LogP contribution in [0.3, 0.4) is 0 Å². The summed E-state index contributed by atoms with van der Waals surface area (Å²) in [6.45, 7) is 3.19. The number of benzene rings is 2.